The average molecular weight is 372 g/mol. The maximum atomic E-state index is 11.9. The minimum Gasteiger partial charge on any atom is -0.493 e. The van der Waals surface area contributed by atoms with Gasteiger partial charge in [0, 0.05) is 13.1 Å². The van der Waals surface area contributed by atoms with Gasteiger partial charge in [0.1, 0.15) is 6.61 Å². The molecule has 0 saturated carbocycles. The summed E-state index contributed by atoms with van der Waals surface area (Å²) in [4.78, 5) is 0. The Balaban J connectivity index is 2.41. The molecular weight excluding hydrogens is 355 g/mol. The molecule has 0 amide bonds. The van der Waals surface area contributed by atoms with Crippen molar-refractivity contribution in [1.82, 2.24) is 5.32 Å². The lowest BCUT2D eigenvalue weighted by molar-refractivity contribution is -0.173. The number of hydrogen-bond donors (Lipinski definition) is 1. The molecule has 8 heteroatoms. The Bertz CT molecular complexity index is 455. The molecule has 1 aromatic carbocycles. The van der Waals surface area contributed by atoms with E-state index in [9.17, 15) is 13.2 Å². The van der Waals surface area contributed by atoms with E-state index in [0.717, 1.165) is 10.0 Å². The quantitative estimate of drug-likeness (QED) is 0.712. The topological polar surface area (TPSA) is 39.7 Å². The molecule has 1 rings (SSSR count). The predicted octanol–water partition coefficient (Wildman–Crippen LogP) is 3.13. The summed E-state index contributed by atoms with van der Waals surface area (Å²) in [5.74, 6) is 1.17. The number of methoxy groups -OCH3 is 2. The molecule has 21 heavy (non-hydrogen) atoms. The van der Waals surface area contributed by atoms with E-state index in [2.05, 4.69) is 26.0 Å². The van der Waals surface area contributed by atoms with Gasteiger partial charge in [-0.1, -0.05) is 0 Å². The SMILES string of the molecule is COc1cc(CNCCOCC(F)(F)F)cc(Br)c1OC. The first-order chi connectivity index (χ1) is 9.87. The summed E-state index contributed by atoms with van der Waals surface area (Å²) in [6.45, 7) is -0.430. The lowest BCUT2D eigenvalue weighted by Gasteiger charge is -2.13. The molecule has 0 radical (unpaired) electrons. The molecule has 1 aromatic rings. The Morgan fingerprint density at radius 1 is 1.19 bits per heavy atom. The van der Waals surface area contributed by atoms with Gasteiger partial charge in [-0.25, -0.2) is 0 Å². The average Bonchev–Trinajstić information content (AvgIpc) is 2.40. The van der Waals surface area contributed by atoms with Gasteiger partial charge in [0.25, 0.3) is 0 Å². The van der Waals surface area contributed by atoms with Crippen LogP contribution in [0.25, 0.3) is 0 Å². The van der Waals surface area contributed by atoms with Crippen LogP contribution in [0.4, 0.5) is 13.2 Å². The summed E-state index contributed by atoms with van der Waals surface area (Å²) in [6.07, 6.45) is -4.28. The normalized spacial score (nSPS) is 11.5. The standard InChI is InChI=1S/C13H17BrF3NO3/c1-19-11-6-9(5-10(14)12(11)20-2)7-18-3-4-21-8-13(15,16)17/h5-6,18H,3-4,7-8H2,1-2H3. The van der Waals surface area contributed by atoms with E-state index in [1.54, 1.807) is 13.2 Å². The fourth-order valence-electron chi connectivity index (χ4n) is 1.64. The molecule has 1 N–H and O–H groups in total. The van der Waals surface area contributed by atoms with E-state index in [0.29, 0.717) is 24.6 Å². The third kappa shape index (κ3) is 6.54. The maximum absolute atomic E-state index is 11.9. The van der Waals surface area contributed by atoms with Gasteiger partial charge in [-0.3, -0.25) is 0 Å². The number of ether oxygens (including phenoxy) is 3. The second-order valence-electron chi connectivity index (χ2n) is 4.16. The van der Waals surface area contributed by atoms with Crippen LogP contribution in [0.15, 0.2) is 16.6 Å². The molecule has 0 unspecified atom stereocenters. The molecule has 0 fully saturated rings. The highest BCUT2D eigenvalue weighted by molar-refractivity contribution is 9.10. The largest absolute Gasteiger partial charge is 0.493 e. The number of rotatable bonds is 8. The van der Waals surface area contributed by atoms with Crippen LogP contribution in [-0.4, -0.2) is 40.2 Å². The smallest absolute Gasteiger partial charge is 0.411 e. The molecule has 0 bridgehead atoms. The fourth-order valence-corrected chi connectivity index (χ4v) is 2.29. The number of nitrogens with one attached hydrogen (secondary N) is 1. The van der Waals surface area contributed by atoms with Gasteiger partial charge in [-0.2, -0.15) is 13.2 Å². The lowest BCUT2D eigenvalue weighted by Crippen LogP contribution is -2.23. The summed E-state index contributed by atoms with van der Waals surface area (Å²) in [5, 5.41) is 2.99. The van der Waals surface area contributed by atoms with Crippen molar-refractivity contribution in [1.29, 1.82) is 0 Å². The second-order valence-corrected chi connectivity index (χ2v) is 5.01. The van der Waals surface area contributed by atoms with Crippen molar-refractivity contribution in [3.63, 3.8) is 0 Å². The van der Waals surface area contributed by atoms with Gasteiger partial charge < -0.3 is 19.5 Å². The van der Waals surface area contributed by atoms with Gasteiger partial charge in [0.2, 0.25) is 0 Å². The zero-order valence-electron chi connectivity index (χ0n) is 11.7. The van der Waals surface area contributed by atoms with Crippen molar-refractivity contribution in [3.05, 3.63) is 22.2 Å². The third-order valence-corrected chi connectivity index (χ3v) is 3.10. The highest BCUT2D eigenvalue weighted by atomic mass is 79.9. The Hall–Kier alpha value is -0.990. The molecule has 0 aliphatic heterocycles. The monoisotopic (exact) mass is 371 g/mol. The van der Waals surface area contributed by atoms with Crippen molar-refractivity contribution < 1.29 is 27.4 Å². The molecule has 0 atom stereocenters. The summed E-state index contributed by atoms with van der Waals surface area (Å²) >= 11 is 3.37. The van der Waals surface area contributed by atoms with Crippen LogP contribution in [0.5, 0.6) is 11.5 Å². The Kier molecular flexibility index (Phi) is 7.27. The first-order valence-electron chi connectivity index (χ1n) is 6.13. The molecule has 4 nitrogen and oxygen atoms in total. The van der Waals surface area contributed by atoms with E-state index >= 15 is 0 Å². The molecule has 0 aliphatic carbocycles. The fraction of sp³-hybridized carbons (Fsp3) is 0.538. The zero-order chi connectivity index (χ0) is 15.9. The summed E-state index contributed by atoms with van der Waals surface area (Å²) in [7, 11) is 3.07. The second kappa shape index (κ2) is 8.45. The summed E-state index contributed by atoms with van der Waals surface area (Å²) in [6, 6.07) is 3.65. The summed E-state index contributed by atoms with van der Waals surface area (Å²) in [5.41, 5.74) is 0.912. The predicted molar refractivity (Wildman–Crippen MR) is 75.8 cm³/mol. The van der Waals surface area contributed by atoms with Crippen LogP contribution in [0.3, 0.4) is 0 Å². The van der Waals surface area contributed by atoms with Gasteiger partial charge in [-0.05, 0) is 33.6 Å². The third-order valence-electron chi connectivity index (χ3n) is 2.51. The molecule has 120 valence electrons. The van der Waals surface area contributed by atoms with E-state index in [4.69, 9.17) is 9.47 Å². The molecule has 0 aromatic heterocycles. The number of hydrogen-bond acceptors (Lipinski definition) is 4. The Morgan fingerprint density at radius 2 is 1.90 bits per heavy atom. The van der Waals surface area contributed by atoms with Crippen LogP contribution >= 0.6 is 15.9 Å². The van der Waals surface area contributed by atoms with E-state index in [1.807, 2.05) is 6.07 Å². The van der Waals surface area contributed by atoms with E-state index in [-0.39, 0.29) is 6.61 Å². The zero-order valence-corrected chi connectivity index (χ0v) is 13.3. The minimum atomic E-state index is -4.28. The first-order valence-corrected chi connectivity index (χ1v) is 6.92. The van der Waals surface area contributed by atoms with Gasteiger partial charge in [-0.15, -0.1) is 0 Å². The molecule has 0 aliphatic rings. The molecule has 0 saturated heterocycles. The molecule has 0 heterocycles. The van der Waals surface area contributed by atoms with Crippen LogP contribution in [0, 0.1) is 0 Å². The van der Waals surface area contributed by atoms with E-state index < -0.39 is 12.8 Å². The Morgan fingerprint density at radius 3 is 2.48 bits per heavy atom. The van der Waals surface area contributed by atoms with Crippen molar-refractivity contribution in [2.24, 2.45) is 0 Å². The molecule has 0 spiro atoms. The Labute approximate surface area is 129 Å². The van der Waals surface area contributed by atoms with Gasteiger partial charge in [0.05, 0.1) is 25.3 Å². The minimum absolute atomic E-state index is 0.00598. The van der Waals surface area contributed by atoms with Gasteiger partial charge in [0.15, 0.2) is 11.5 Å². The number of benzene rings is 1. The van der Waals surface area contributed by atoms with Crippen LogP contribution < -0.4 is 14.8 Å². The highest BCUT2D eigenvalue weighted by Crippen LogP contribution is 2.36. The van der Waals surface area contributed by atoms with Crippen molar-refractivity contribution >= 4 is 15.9 Å². The van der Waals surface area contributed by atoms with Crippen LogP contribution in [0.2, 0.25) is 0 Å². The lowest BCUT2D eigenvalue weighted by atomic mass is 10.2. The number of alkyl halides is 3. The van der Waals surface area contributed by atoms with E-state index in [1.165, 1.54) is 7.11 Å². The molecular formula is C13H17BrF3NO3. The van der Waals surface area contributed by atoms with Crippen molar-refractivity contribution in [3.8, 4) is 11.5 Å². The first kappa shape index (κ1) is 18.1. The van der Waals surface area contributed by atoms with Crippen molar-refractivity contribution in [2.45, 2.75) is 12.7 Å². The maximum Gasteiger partial charge on any atom is 0.411 e. The highest BCUT2D eigenvalue weighted by Gasteiger charge is 2.27. The van der Waals surface area contributed by atoms with Crippen LogP contribution in [0.1, 0.15) is 5.56 Å². The van der Waals surface area contributed by atoms with Crippen molar-refractivity contribution in [2.75, 3.05) is 34.0 Å². The van der Waals surface area contributed by atoms with Gasteiger partial charge >= 0.3 is 6.18 Å². The van der Waals surface area contributed by atoms with Crippen LogP contribution in [-0.2, 0) is 11.3 Å². The summed E-state index contributed by atoms with van der Waals surface area (Å²) < 4.78 is 51.2. The number of halogens is 4.